The smallest absolute Gasteiger partial charge is 0.0595 e. The largest absolute Gasteiger partial charge is 0.329 e. The van der Waals surface area contributed by atoms with Gasteiger partial charge in [-0.15, -0.1) is 0 Å². The van der Waals surface area contributed by atoms with Crippen LogP contribution in [0.15, 0.2) is 48.5 Å². The van der Waals surface area contributed by atoms with Gasteiger partial charge in [-0.25, -0.2) is 0 Å². The first kappa shape index (κ1) is 18.7. The number of benzene rings is 2. The Morgan fingerprint density at radius 3 is 2.32 bits per heavy atom. The van der Waals surface area contributed by atoms with Gasteiger partial charge in [0, 0.05) is 12.6 Å². The van der Waals surface area contributed by atoms with Crippen LogP contribution in [0.5, 0.6) is 0 Å². The number of piperidine rings is 1. The van der Waals surface area contributed by atoms with Crippen molar-refractivity contribution in [2.24, 2.45) is 11.7 Å². The van der Waals surface area contributed by atoms with Crippen LogP contribution in [0.1, 0.15) is 24.0 Å². The normalized spacial score (nSPS) is 17.6. The average Bonchev–Trinajstić information content (AvgIpc) is 2.64. The number of nitrogens with two attached hydrogens (primary N) is 1. The lowest BCUT2D eigenvalue weighted by Crippen LogP contribution is -2.46. The summed E-state index contributed by atoms with van der Waals surface area (Å²) in [7, 11) is 0. The van der Waals surface area contributed by atoms with E-state index in [0.29, 0.717) is 22.6 Å². The van der Waals surface area contributed by atoms with Crippen LogP contribution in [0.3, 0.4) is 0 Å². The van der Waals surface area contributed by atoms with Crippen LogP contribution in [0.2, 0.25) is 10.0 Å². The molecule has 1 atom stereocenters. The quantitative estimate of drug-likeness (QED) is 0.782. The minimum atomic E-state index is 0.370. The van der Waals surface area contributed by atoms with Crippen LogP contribution in [-0.2, 0) is 12.8 Å². The van der Waals surface area contributed by atoms with Gasteiger partial charge in [0.05, 0.1) is 10.0 Å². The van der Waals surface area contributed by atoms with Crippen molar-refractivity contribution in [3.05, 3.63) is 69.7 Å². The van der Waals surface area contributed by atoms with Crippen molar-refractivity contribution in [1.82, 2.24) is 4.90 Å². The predicted molar refractivity (Wildman–Crippen MR) is 107 cm³/mol. The van der Waals surface area contributed by atoms with E-state index in [0.717, 1.165) is 25.4 Å². The van der Waals surface area contributed by atoms with E-state index in [9.17, 15) is 0 Å². The molecule has 1 aliphatic heterocycles. The number of likely N-dealkylation sites (tertiary alicyclic amines) is 1. The molecule has 134 valence electrons. The molecule has 25 heavy (non-hydrogen) atoms. The van der Waals surface area contributed by atoms with Crippen LogP contribution in [0.25, 0.3) is 0 Å². The molecule has 1 heterocycles. The summed E-state index contributed by atoms with van der Waals surface area (Å²) in [4.78, 5) is 2.55. The molecule has 3 rings (SSSR count). The minimum Gasteiger partial charge on any atom is -0.329 e. The van der Waals surface area contributed by atoms with Crippen molar-refractivity contribution in [1.29, 1.82) is 0 Å². The molecule has 1 fully saturated rings. The van der Waals surface area contributed by atoms with E-state index in [2.05, 4.69) is 41.3 Å². The van der Waals surface area contributed by atoms with Gasteiger partial charge in [0.2, 0.25) is 0 Å². The van der Waals surface area contributed by atoms with Crippen molar-refractivity contribution in [2.45, 2.75) is 31.7 Å². The summed E-state index contributed by atoms with van der Waals surface area (Å²) in [5, 5.41) is 1.23. The van der Waals surface area contributed by atoms with E-state index in [1.54, 1.807) is 0 Å². The standard InChI is InChI=1S/C21H26Cl2N2/c22-20-7-6-18(14-21(20)23)13-19(15-24)25-10-8-17(9-11-25)12-16-4-2-1-3-5-16/h1-7,14,17,19H,8-13,15,24H2. The summed E-state index contributed by atoms with van der Waals surface area (Å²) in [6, 6.07) is 17.1. The highest BCUT2D eigenvalue weighted by Gasteiger charge is 2.24. The molecule has 0 saturated carbocycles. The lowest BCUT2D eigenvalue weighted by atomic mass is 9.89. The Morgan fingerprint density at radius 1 is 0.960 bits per heavy atom. The molecule has 0 bridgehead atoms. The highest BCUT2D eigenvalue weighted by molar-refractivity contribution is 6.42. The first-order valence-corrected chi connectivity index (χ1v) is 9.83. The number of rotatable bonds is 6. The van der Waals surface area contributed by atoms with Crippen molar-refractivity contribution in [3.63, 3.8) is 0 Å². The Labute approximate surface area is 160 Å². The fraction of sp³-hybridized carbons (Fsp3) is 0.429. The zero-order chi connectivity index (χ0) is 17.6. The van der Waals surface area contributed by atoms with Crippen LogP contribution in [0, 0.1) is 5.92 Å². The maximum Gasteiger partial charge on any atom is 0.0595 e. The van der Waals surface area contributed by atoms with Gasteiger partial charge in [0.1, 0.15) is 0 Å². The molecule has 0 aliphatic carbocycles. The molecule has 2 N–H and O–H groups in total. The van der Waals surface area contributed by atoms with Gasteiger partial charge in [0.15, 0.2) is 0 Å². The van der Waals surface area contributed by atoms with Crippen LogP contribution < -0.4 is 5.73 Å². The van der Waals surface area contributed by atoms with Crippen LogP contribution in [0.4, 0.5) is 0 Å². The van der Waals surface area contributed by atoms with E-state index < -0.39 is 0 Å². The summed E-state index contributed by atoms with van der Waals surface area (Å²) >= 11 is 12.2. The topological polar surface area (TPSA) is 29.3 Å². The molecular formula is C21H26Cl2N2. The zero-order valence-corrected chi connectivity index (χ0v) is 16.0. The third-order valence-corrected chi connectivity index (χ3v) is 6.00. The van der Waals surface area contributed by atoms with Gasteiger partial charge >= 0.3 is 0 Å². The van der Waals surface area contributed by atoms with E-state index in [1.165, 1.54) is 30.4 Å². The van der Waals surface area contributed by atoms with Crippen molar-refractivity contribution < 1.29 is 0 Å². The summed E-state index contributed by atoms with van der Waals surface area (Å²) < 4.78 is 0. The highest BCUT2D eigenvalue weighted by atomic mass is 35.5. The third kappa shape index (κ3) is 5.21. The Hall–Kier alpha value is -1.06. The van der Waals surface area contributed by atoms with Gasteiger partial charge in [-0.05, 0) is 68.0 Å². The van der Waals surface area contributed by atoms with E-state index in [1.807, 2.05) is 12.1 Å². The summed E-state index contributed by atoms with van der Waals surface area (Å²) in [6.45, 7) is 2.92. The molecule has 2 aromatic carbocycles. The summed E-state index contributed by atoms with van der Waals surface area (Å²) in [5.41, 5.74) is 8.73. The fourth-order valence-corrected chi connectivity index (χ4v) is 4.09. The number of halogens is 2. The summed E-state index contributed by atoms with van der Waals surface area (Å²) in [6.07, 6.45) is 4.60. The molecule has 0 radical (unpaired) electrons. The van der Waals surface area contributed by atoms with Gasteiger partial charge in [-0.3, -0.25) is 4.90 Å². The van der Waals surface area contributed by atoms with Gasteiger partial charge in [-0.1, -0.05) is 59.6 Å². The van der Waals surface area contributed by atoms with Gasteiger partial charge < -0.3 is 5.73 Å². The zero-order valence-electron chi connectivity index (χ0n) is 14.5. The minimum absolute atomic E-state index is 0.370. The highest BCUT2D eigenvalue weighted by Crippen LogP contribution is 2.26. The maximum absolute atomic E-state index is 6.15. The monoisotopic (exact) mass is 376 g/mol. The molecule has 0 spiro atoms. The van der Waals surface area contributed by atoms with E-state index >= 15 is 0 Å². The third-order valence-electron chi connectivity index (χ3n) is 5.26. The number of nitrogens with zero attached hydrogens (tertiary/aromatic N) is 1. The van der Waals surface area contributed by atoms with Gasteiger partial charge in [0.25, 0.3) is 0 Å². The van der Waals surface area contributed by atoms with Crippen LogP contribution in [-0.4, -0.2) is 30.6 Å². The molecule has 2 aromatic rings. The molecule has 2 nitrogen and oxygen atoms in total. The lowest BCUT2D eigenvalue weighted by Gasteiger charge is -2.37. The van der Waals surface area contributed by atoms with E-state index in [4.69, 9.17) is 28.9 Å². The Balaban J connectivity index is 1.54. The molecule has 1 aliphatic rings. The molecule has 0 amide bonds. The molecular weight excluding hydrogens is 351 g/mol. The number of hydrogen-bond acceptors (Lipinski definition) is 2. The fourth-order valence-electron chi connectivity index (χ4n) is 3.77. The molecule has 1 saturated heterocycles. The molecule has 0 aromatic heterocycles. The lowest BCUT2D eigenvalue weighted by molar-refractivity contribution is 0.134. The average molecular weight is 377 g/mol. The number of hydrogen-bond donors (Lipinski definition) is 1. The Bertz CT molecular complexity index is 667. The first-order valence-electron chi connectivity index (χ1n) is 9.07. The van der Waals surface area contributed by atoms with Crippen molar-refractivity contribution >= 4 is 23.2 Å². The first-order chi connectivity index (χ1) is 12.2. The Kier molecular flexibility index (Phi) is 6.77. The summed E-state index contributed by atoms with van der Waals surface area (Å²) in [5.74, 6) is 0.780. The van der Waals surface area contributed by atoms with Crippen molar-refractivity contribution in [3.8, 4) is 0 Å². The molecule has 4 heteroatoms. The van der Waals surface area contributed by atoms with Crippen LogP contribution >= 0.6 is 23.2 Å². The molecule has 1 unspecified atom stereocenters. The van der Waals surface area contributed by atoms with Gasteiger partial charge in [-0.2, -0.15) is 0 Å². The van der Waals surface area contributed by atoms with Crippen molar-refractivity contribution in [2.75, 3.05) is 19.6 Å². The second-order valence-electron chi connectivity index (χ2n) is 7.01. The SMILES string of the molecule is NCC(Cc1ccc(Cl)c(Cl)c1)N1CCC(Cc2ccccc2)CC1. The second-order valence-corrected chi connectivity index (χ2v) is 7.83. The maximum atomic E-state index is 6.15. The Morgan fingerprint density at radius 2 is 1.68 bits per heavy atom. The van der Waals surface area contributed by atoms with E-state index in [-0.39, 0.29) is 0 Å². The second kappa shape index (κ2) is 9.05. The predicted octanol–water partition coefficient (Wildman–Crippen LogP) is 4.82.